The Balaban J connectivity index is 2.24. The number of rotatable bonds is 4. The summed E-state index contributed by atoms with van der Waals surface area (Å²) in [6.07, 6.45) is 7.39. The van der Waals surface area contributed by atoms with Crippen LogP contribution in [0.15, 0.2) is 6.07 Å². The minimum absolute atomic E-state index is 0.672. The first-order valence-corrected chi connectivity index (χ1v) is 6.39. The van der Waals surface area contributed by atoms with Crippen LogP contribution >= 0.6 is 0 Å². The zero-order valence-corrected chi connectivity index (χ0v) is 10.3. The number of aromatic nitrogens is 2. The van der Waals surface area contributed by atoms with E-state index in [1.54, 1.807) is 0 Å². The van der Waals surface area contributed by atoms with Crippen molar-refractivity contribution < 1.29 is 0 Å². The van der Waals surface area contributed by atoms with E-state index in [-0.39, 0.29) is 0 Å². The number of aryl methyl sites for hydroxylation is 1. The highest BCUT2D eigenvalue weighted by Crippen LogP contribution is 2.33. The highest BCUT2D eigenvalue weighted by atomic mass is 15.0. The second-order valence-electron chi connectivity index (χ2n) is 4.58. The van der Waals surface area contributed by atoms with E-state index in [9.17, 15) is 0 Å². The van der Waals surface area contributed by atoms with E-state index < -0.39 is 0 Å². The van der Waals surface area contributed by atoms with E-state index in [4.69, 9.17) is 4.98 Å². The first-order valence-electron chi connectivity index (χ1n) is 6.39. The number of nitrogens with zero attached hydrogens (tertiary/aromatic N) is 2. The Morgan fingerprint density at radius 3 is 2.69 bits per heavy atom. The molecule has 1 aliphatic rings. The van der Waals surface area contributed by atoms with Gasteiger partial charge in [-0.2, -0.15) is 0 Å². The summed E-state index contributed by atoms with van der Waals surface area (Å²) in [6.45, 7) is 2.17. The topological polar surface area (TPSA) is 37.8 Å². The summed E-state index contributed by atoms with van der Waals surface area (Å²) in [5.41, 5.74) is 1.25. The number of hydrogen-bond donors (Lipinski definition) is 1. The Hall–Kier alpha value is -1.12. The van der Waals surface area contributed by atoms with Gasteiger partial charge in [0.25, 0.3) is 0 Å². The molecule has 0 spiro atoms. The van der Waals surface area contributed by atoms with E-state index in [0.29, 0.717) is 5.92 Å². The lowest BCUT2D eigenvalue weighted by Gasteiger charge is -2.11. The summed E-state index contributed by atoms with van der Waals surface area (Å²) < 4.78 is 0. The summed E-state index contributed by atoms with van der Waals surface area (Å²) in [4.78, 5) is 9.19. The van der Waals surface area contributed by atoms with Gasteiger partial charge >= 0.3 is 0 Å². The van der Waals surface area contributed by atoms with Gasteiger partial charge in [-0.25, -0.2) is 9.97 Å². The van der Waals surface area contributed by atoms with Crippen molar-refractivity contribution in [2.45, 2.75) is 51.4 Å². The quantitative estimate of drug-likeness (QED) is 0.845. The number of hydrogen-bond acceptors (Lipinski definition) is 3. The Bertz CT molecular complexity index is 343. The summed E-state index contributed by atoms with van der Waals surface area (Å²) in [5, 5.41) is 3.14. The molecule has 0 aliphatic heterocycles. The smallest absolute Gasteiger partial charge is 0.131 e. The lowest BCUT2D eigenvalue weighted by atomic mass is 10.0. The third-order valence-corrected chi connectivity index (χ3v) is 3.30. The third kappa shape index (κ3) is 2.52. The van der Waals surface area contributed by atoms with Crippen molar-refractivity contribution in [1.82, 2.24) is 9.97 Å². The summed E-state index contributed by atoms with van der Waals surface area (Å²) in [7, 11) is 1.93. The summed E-state index contributed by atoms with van der Waals surface area (Å²) in [5.74, 6) is 2.64. The van der Waals surface area contributed by atoms with Crippen LogP contribution in [0, 0.1) is 0 Å². The van der Waals surface area contributed by atoms with Crippen LogP contribution < -0.4 is 5.32 Å². The maximum Gasteiger partial charge on any atom is 0.131 e. The molecular weight excluding hydrogens is 198 g/mol. The van der Waals surface area contributed by atoms with Gasteiger partial charge in [0.15, 0.2) is 0 Å². The highest BCUT2D eigenvalue weighted by molar-refractivity contribution is 5.36. The molecule has 1 saturated carbocycles. The second kappa shape index (κ2) is 5.28. The predicted molar refractivity (Wildman–Crippen MR) is 66.8 cm³/mol. The predicted octanol–water partition coefficient (Wildman–Crippen LogP) is 3.13. The van der Waals surface area contributed by atoms with E-state index in [2.05, 4.69) is 23.3 Å². The monoisotopic (exact) mass is 219 g/mol. The van der Waals surface area contributed by atoms with Crippen molar-refractivity contribution in [2.75, 3.05) is 12.4 Å². The fourth-order valence-corrected chi connectivity index (χ4v) is 2.41. The SMILES string of the molecule is CCCc1nc(NC)cc(C2CCCC2)n1. The van der Waals surface area contributed by atoms with Crippen molar-refractivity contribution >= 4 is 5.82 Å². The van der Waals surface area contributed by atoms with Crippen LogP contribution in [0.1, 0.15) is 56.5 Å². The molecule has 0 aromatic carbocycles. The average molecular weight is 219 g/mol. The number of anilines is 1. The zero-order valence-electron chi connectivity index (χ0n) is 10.3. The molecule has 1 aromatic heterocycles. The van der Waals surface area contributed by atoms with E-state index in [1.807, 2.05) is 7.05 Å². The molecule has 0 atom stereocenters. The number of nitrogens with one attached hydrogen (secondary N) is 1. The van der Waals surface area contributed by atoms with Gasteiger partial charge in [-0.3, -0.25) is 0 Å². The van der Waals surface area contributed by atoms with Crippen LogP contribution in [0.5, 0.6) is 0 Å². The normalized spacial score (nSPS) is 16.6. The molecule has 1 heterocycles. The van der Waals surface area contributed by atoms with Gasteiger partial charge in [0.05, 0.1) is 0 Å². The van der Waals surface area contributed by atoms with E-state index in [1.165, 1.54) is 31.4 Å². The minimum Gasteiger partial charge on any atom is -0.373 e. The molecule has 0 radical (unpaired) electrons. The molecule has 2 rings (SSSR count). The molecule has 0 bridgehead atoms. The molecule has 1 N–H and O–H groups in total. The van der Waals surface area contributed by atoms with Gasteiger partial charge in [-0.15, -0.1) is 0 Å². The van der Waals surface area contributed by atoms with Gasteiger partial charge in [-0.05, 0) is 19.3 Å². The van der Waals surface area contributed by atoms with Gasteiger partial charge in [-0.1, -0.05) is 19.8 Å². The van der Waals surface area contributed by atoms with Crippen LogP contribution in [0.25, 0.3) is 0 Å². The third-order valence-electron chi connectivity index (χ3n) is 3.30. The van der Waals surface area contributed by atoms with Crippen molar-refractivity contribution in [2.24, 2.45) is 0 Å². The van der Waals surface area contributed by atoms with Crippen LogP contribution in [-0.2, 0) is 6.42 Å². The van der Waals surface area contributed by atoms with Crippen molar-refractivity contribution in [3.05, 3.63) is 17.6 Å². The van der Waals surface area contributed by atoms with E-state index in [0.717, 1.165) is 24.5 Å². The van der Waals surface area contributed by atoms with Crippen LogP contribution in [0.3, 0.4) is 0 Å². The van der Waals surface area contributed by atoms with Crippen molar-refractivity contribution in [3.63, 3.8) is 0 Å². The Kier molecular flexibility index (Phi) is 3.75. The molecule has 16 heavy (non-hydrogen) atoms. The standard InChI is InChI=1S/C13H21N3/c1-3-6-12-15-11(9-13(14-2)16-12)10-7-4-5-8-10/h9-10H,3-8H2,1-2H3,(H,14,15,16). The highest BCUT2D eigenvalue weighted by Gasteiger charge is 2.19. The Labute approximate surface area is 97.7 Å². The van der Waals surface area contributed by atoms with Crippen molar-refractivity contribution in [3.8, 4) is 0 Å². The molecule has 1 aromatic rings. The second-order valence-corrected chi connectivity index (χ2v) is 4.58. The zero-order chi connectivity index (χ0) is 11.4. The molecule has 3 heteroatoms. The van der Waals surface area contributed by atoms with Crippen LogP contribution in [0.2, 0.25) is 0 Å². The van der Waals surface area contributed by atoms with E-state index >= 15 is 0 Å². The first kappa shape index (κ1) is 11.4. The molecule has 3 nitrogen and oxygen atoms in total. The Morgan fingerprint density at radius 1 is 1.31 bits per heavy atom. The van der Waals surface area contributed by atoms with Crippen molar-refractivity contribution in [1.29, 1.82) is 0 Å². The maximum atomic E-state index is 4.70. The van der Waals surface area contributed by atoms with Crippen LogP contribution in [0.4, 0.5) is 5.82 Å². The molecular formula is C13H21N3. The van der Waals surface area contributed by atoms with Gasteiger partial charge in [0, 0.05) is 31.1 Å². The molecule has 0 unspecified atom stereocenters. The summed E-state index contributed by atoms with van der Waals surface area (Å²) >= 11 is 0. The molecule has 1 fully saturated rings. The average Bonchev–Trinajstić information content (AvgIpc) is 2.82. The largest absolute Gasteiger partial charge is 0.373 e. The maximum absolute atomic E-state index is 4.70. The minimum atomic E-state index is 0.672. The lowest BCUT2D eigenvalue weighted by Crippen LogP contribution is -2.06. The summed E-state index contributed by atoms with van der Waals surface area (Å²) in [6, 6.07) is 2.12. The molecule has 88 valence electrons. The van der Waals surface area contributed by atoms with Gasteiger partial charge in [0.1, 0.15) is 11.6 Å². The van der Waals surface area contributed by atoms with Gasteiger partial charge in [0.2, 0.25) is 0 Å². The lowest BCUT2D eigenvalue weighted by molar-refractivity contribution is 0.680. The fourth-order valence-electron chi connectivity index (χ4n) is 2.41. The van der Waals surface area contributed by atoms with Gasteiger partial charge < -0.3 is 5.32 Å². The van der Waals surface area contributed by atoms with Crippen LogP contribution in [-0.4, -0.2) is 17.0 Å². The fraction of sp³-hybridized carbons (Fsp3) is 0.692. The first-order chi connectivity index (χ1) is 7.83. The molecule has 0 amide bonds. The molecule has 0 saturated heterocycles. The Morgan fingerprint density at radius 2 is 2.06 bits per heavy atom. The molecule has 1 aliphatic carbocycles.